The second kappa shape index (κ2) is 12.0. The van der Waals surface area contributed by atoms with Gasteiger partial charge in [-0.3, -0.25) is 0 Å². The Balaban J connectivity index is 1.37. The first-order valence-corrected chi connectivity index (χ1v) is 16.0. The summed E-state index contributed by atoms with van der Waals surface area (Å²) in [6.07, 6.45) is 7.73. The normalized spacial score (nSPS) is 30.2. The zero-order chi connectivity index (χ0) is 30.3. The SMILES string of the molecule is CCCCOC(=O)c1c(OCC2CC2)ccc(CCB2OC(C)C(C)(C3CC4CCC43C)O2)c1OC(=O)OC(C)(C)C. The topological polar surface area (TPSA) is 89.5 Å². The number of hydrogen-bond acceptors (Lipinski definition) is 8. The van der Waals surface area contributed by atoms with Gasteiger partial charge in [0.1, 0.15) is 16.9 Å². The maximum absolute atomic E-state index is 13.5. The minimum absolute atomic E-state index is 0.0225. The Morgan fingerprint density at radius 2 is 1.90 bits per heavy atom. The molecule has 1 aliphatic heterocycles. The predicted octanol–water partition coefficient (Wildman–Crippen LogP) is 7.41. The van der Waals surface area contributed by atoms with Crippen molar-refractivity contribution in [1.29, 1.82) is 0 Å². The number of unbranched alkanes of at least 4 members (excludes halogenated alkanes) is 1. The molecule has 4 fully saturated rings. The minimum Gasteiger partial charge on any atom is -0.492 e. The molecule has 9 heteroatoms. The van der Waals surface area contributed by atoms with Crippen LogP contribution in [0.4, 0.5) is 4.79 Å². The Labute approximate surface area is 251 Å². The molecule has 0 N–H and O–H groups in total. The molecule has 5 atom stereocenters. The van der Waals surface area contributed by atoms with E-state index in [0.717, 1.165) is 31.6 Å². The van der Waals surface area contributed by atoms with Crippen LogP contribution in [0.15, 0.2) is 12.1 Å². The summed E-state index contributed by atoms with van der Waals surface area (Å²) < 4.78 is 36.0. The molecule has 5 unspecified atom stereocenters. The Morgan fingerprint density at radius 1 is 1.14 bits per heavy atom. The fraction of sp³-hybridized carbons (Fsp3) is 0.758. The highest BCUT2D eigenvalue weighted by Gasteiger charge is 2.66. The molecule has 1 saturated heterocycles. The molecular formula is C33H49BO8. The van der Waals surface area contributed by atoms with Crippen LogP contribution in [-0.2, 0) is 25.2 Å². The van der Waals surface area contributed by atoms with E-state index in [0.29, 0.717) is 47.9 Å². The molecule has 0 spiro atoms. The molecule has 0 amide bonds. The van der Waals surface area contributed by atoms with Crippen LogP contribution in [0.5, 0.6) is 11.5 Å². The second-order valence-corrected chi connectivity index (χ2v) is 14.3. The molecule has 3 aliphatic carbocycles. The summed E-state index contributed by atoms with van der Waals surface area (Å²) in [6, 6.07) is 3.64. The fourth-order valence-corrected chi connectivity index (χ4v) is 6.93. The van der Waals surface area contributed by atoms with Crippen molar-refractivity contribution in [3.8, 4) is 11.5 Å². The number of rotatable bonds is 12. The Hall–Kier alpha value is -2.26. The van der Waals surface area contributed by atoms with Crippen LogP contribution in [0.1, 0.15) is 109 Å². The molecule has 5 rings (SSSR count). The van der Waals surface area contributed by atoms with Gasteiger partial charge in [-0.15, -0.1) is 0 Å². The van der Waals surface area contributed by atoms with Gasteiger partial charge in [0, 0.05) is 0 Å². The van der Waals surface area contributed by atoms with E-state index >= 15 is 0 Å². The first-order valence-electron chi connectivity index (χ1n) is 16.0. The molecule has 0 bridgehead atoms. The van der Waals surface area contributed by atoms with E-state index < -0.39 is 24.8 Å². The standard InChI is InChI=1S/C33H49BO8/c1-8-9-18-37-29(35)27-25(38-20-22-10-11-22)13-12-23(28(27)39-30(36)40-31(3,4)5)15-17-34-41-21(2)33(7,42-34)26-19-24-14-16-32(24,26)6/h12-13,21-22,24,26H,8-11,14-20H2,1-7H3. The van der Waals surface area contributed by atoms with E-state index in [2.05, 4.69) is 20.8 Å². The van der Waals surface area contributed by atoms with E-state index in [9.17, 15) is 9.59 Å². The van der Waals surface area contributed by atoms with Gasteiger partial charge in [0.05, 0.1) is 24.9 Å². The summed E-state index contributed by atoms with van der Waals surface area (Å²) in [5.74, 6) is 1.69. The fourth-order valence-electron chi connectivity index (χ4n) is 6.93. The number of carbonyl (C=O) groups is 2. The summed E-state index contributed by atoms with van der Waals surface area (Å²) in [5.41, 5.74) is 0.0632. The Kier molecular flexibility index (Phi) is 8.93. The lowest BCUT2D eigenvalue weighted by Crippen LogP contribution is -2.64. The molecule has 3 saturated carbocycles. The number of carbonyl (C=O) groups excluding carboxylic acids is 2. The van der Waals surface area contributed by atoms with E-state index in [1.54, 1.807) is 26.8 Å². The van der Waals surface area contributed by atoms with E-state index in [-0.39, 0.29) is 29.6 Å². The lowest BCUT2D eigenvalue weighted by Gasteiger charge is -2.67. The average Bonchev–Trinajstić information content (AvgIpc) is 3.69. The van der Waals surface area contributed by atoms with Crippen LogP contribution in [0.3, 0.4) is 0 Å². The second-order valence-electron chi connectivity index (χ2n) is 14.3. The van der Waals surface area contributed by atoms with Crippen LogP contribution < -0.4 is 9.47 Å². The quantitative estimate of drug-likeness (QED) is 0.109. The van der Waals surface area contributed by atoms with Crippen molar-refractivity contribution >= 4 is 19.2 Å². The van der Waals surface area contributed by atoms with Crippen LogP contribution in [0.25, 0.3) is 0 Å². The molecule has 1 heterocycles. The molecular weight excluding hydrogens is 535 g/mol. The summed E-state index contributed by atoms with van der Waals surface area (Å²) >= 11 is 0. The highest BCUT2D eigenvalue weighted by molar-refractivity contribution is 6.45. The van der Waals surface area contributed by atoms with Crippen molar-refractivity contribution in [1.82, 2.24) is 0 Å². The van der Waals surface area contributed by atoms with Crippen LogP contribution in [0.2, 0.25) is 6.32 Å². The number of hydrogen-bond donors (Lipinski definition) is 0. The summed E-state index contributed by atoms with van der Waals surface area (Å²) in [7, 11) is -0.396. The number of fused-ring (bicyclic) bond motifs is 1. The third kappa shape index (κ3) is 6.47. The van der Waals surface area contributed by atoms with Crippen LogP contribution in [-0.4, -0.2) is 49.8 Å². The van der Waals surface area contributed by atoms with Gasteiger partial charge in [-0.1, -0.05) is 26.3 Å². The zero-order valence-corrected chi connectivity index (χ0v) is 26.6. The van der Waals surface area contributed by atoms with Crippen molar-refractivity contribution in [2.75, 3.05) is 13.2 Å². The van der Waals surface area contributed by atoms with Gasteiger partial charge >= 0.3 is 19.2 Å². The van der Waals surface area contributed by atoms with E-state index in [4.69, 9.17) is 28.3 Å². The largest absolute Gasteiger partial charge is 0.514 e. The van der Waals surface area contributed by atoms with Crippen molar-refractivity contribution in [3.63, 3.8) is 0 Å². The highest BCUT2D eigenvalue weighted by atomic mass is 16.7. The van der Waals surface area contributed by atoms with E-state index in [1.807, 2.05) is 13.0 Å². The van der Waals surface area contributed by atoms with Gasteiger partial charge in [0.25, 0.3) is 0 Å². The van der Waals surface area contributed by atoms with Gasteiger partial charge in [-0.2, -0.15) is 0 Å². The third-order valence-electron chi connectivity index (χ3n) is 10.1. The van der Waals surface area contributed by atoms with Gasteiger partial charge in [-0.25, -0.2) is 9.59 Å². The van der Waals surface area contributed by atoms with Crippen molar-refractivity contribution in [2.45, 2.75) is 123 Å². The minimum atomic E-state index is -0.881. The Bertz CT molecular complexity index is 1160. The van der Waals surface area contributed by atoms with Crippen molar-refractivity contribution in [3.05, 3.63) is 23.3 Å². The van der Waals surface area contributed by atoms with Gasteiger partial charge in [-0.05, 0) is 121 Å². The number of esters is 1. The monoisotopic (exact) mass is 584 g/mol. The third-order valence-corrected chi connectivity index (χ3v) is 10.1. The maximum Gasteiger partial charge on any atom is 0.514 e. The Morgan fingerprint density at radius 3 is 2.50 bits per heavy atom. The summed E-state index contributed by atoms with van der Waals surface area (Å²) in [5, 5.41) is 0. The lowest BCUT2D eigenvalue weighted by molar-refractivity contribution is -0.204. The molecule has 0 radical (unpaired) electrons. The predicted molar refractivity (Wildman–Crippen MR) is 160 cm³/mol. The summed E-state index contributed by atoms with van der Waals surface area (Å²) in [6.45, 7) is 14.8. The van der Waals surface area contributed by atoms with E-state index in [1.165, 1.54) is 19.3 Å². The maximum atomic E-state index is 13.5. The smallest absolute Gasteiger partial charge is 0.492 e. The molecule has 8 nitrogen and oxygen atoms in total. The van der Waals surface area contributed by atoms with Crippen LogP contribution in [0, 0.1) is 23.2 Å². The first kappa shape index (κ1) is 31.2. The number of ether oxygens (including phenoxy) is 4. The first-order chi connectivity index (χ1) is 19.8. The van der Waals surface area contributed by atoms with Crippen molar-refractivity contribution < 1.29 is 37.8 Å². The average molecular weight is 585 g/mol. The van der Waals surface area contributed by atoms with Crippen molar-refractivity contribution in [2.24, 2.45) is 23.2 Å². The molecule has 1 aromatic rings. The highest BCUT2D eigenvalue weighted by Crippen LogP contribution is 2.68. The molecule has 0 aromatic heterocycles. The molecule has 1 aromatic carbocycles. The van der Waals surface area contributed by atoms with Gasteiger partial charge < -0.3 is 28.3 Å². The van der Waals surface area contributed by atoms with Gasteiger partial charge in [0.15, 0.2) is 5.75 Å². The number of aryl methyl sites for hydroxylation is 1. The molecule has 4 aliphatic rings. The molecule has 42 heavy (non-hydrogen) atoms. The molecule has 232 valence electrons. The lowest BCUT2D eigenvalue weighted by atomic mass is 9.39. The van der Waals surface area contributed by atoms with Crippen LogP contribution >= 0.6 is 0 Å². The number of benzene rings is 1. The summed E-state index contributed by atoms with van der Waals surface area (Å²) in [4.78, 5) is 26.4. The zero-order valence-electron chi connectivity index (χ0n) is 26.6. The van der Waals surface area contributed by atoms with Gasteiger partial charge in [0.2, 0.25) is 0 Å².